The molecule has 0 saturated heterocycles. The smallest absolute Gasteiger partial charge is 0.319 e. The van der Waals surface area contributed by atoms with Crippen molar-refractivity contribution in [3.8, 4) is 39.9 Å². The van der Waals surface area contributed by atoms with E-state index in [1.807, 2.05) is 78.9 Å². The van der Waals surface area contributed by atoms with Crippen molar-refractivity contribution in [1.82, 2.24) is 4.98 Å². The molecule has 2 unspecified atom stereocenters. The molecular formula is C40H39NO9. The van der Waals surface area contributed by atoms with Crippen molar-refractivity contribution >= 4 is 11.8 Å². The zero-order valence-electron chi connectivity index (χ0n) is 28.3. The molecule has 0 fully saturated rings. The number of aliphatic hydroxyl groups excluding tert-OH is 1. The summed E-state index contributed by atoms with van der Waals surface area (Å²) < 4.78 is 33.6. The molecule has 4 aromatic carbocycles. The number of nitrogens with zero attached hydrogens (tertiary/aromatic N) is 1. The number of esters is 1. The minimum atomic E-state index is -1.28. The summed E-state index contributed by atoms with van der Waals surface area (Å²) in [7, 11) is 4.44. The van der Waals surface area contributed by atoms with E-state index in [0.717, 1.165) is 33.8 Å². The van der Waals surface area contributed by atoms with Gasteiger partial charge < -0.3 is 33.5 Å². The molecule has 0 saturated carbocycles. The van der Waals surface area contributed by atoms with Crippen LogP contribution in [0.5, 0.6) is 28.7 Å². The first-order chi connectivity index (χ1) is 24.3. The fourth-order valence-corrected chi connectivity index (χ4v) is 5.09. The van der Waals surface area contributed by atoms with Crippen molar-refractivity contribution in [3.63, 3.8) is 0 Å². The van der Waals surface area contributed by atoms with E-state index in [1.165, 1.54) is 14.0 Å². The third-order valence-electron chi connectivity index (χ3n) is 7.96. The molecule has 2 atom stereocenters. The van der Waals surface area contributed by atoms with Crippen molar-refractivity contribution in [2.45, 2.75) is 32.8 Å². The number of benzene rings is 4. The fourth-order valence-electron chi connectivity index (χ4n) is 5.09. The highest BCUT2D eigenvalue weighted by Gasteiger charge is 2.33. The van der Waals surface area contributed by atoms with Gasteiger partial charge in [0.1, 0.15) is 43.0 Å². The predicted octanol–water partition coefficient (Wildman–Crippen LogP) is 6.86. The highest BCUT2D eigenvalue weighted by molar-refractivity contribution is 6.09. The van der Waals surface area contributed by atoms with Crippen LogP contribution in [0.3, 0.4) is 0 Å². The van der Waals surface area contributed by atoms with Crippen molar-refractivity contribution in [3.05, 3.63) is 132 Å². The molecule has 0 aliphatic heterocycles. The number of pyridine rings is 1. The van der Waals surface area contributed by atoms with E-state index in [4.69, 9.17) is 28.4 Å². The van der Waals surface area contributed by atoms with Crippen LogP contribution in [0.15, 0.2) is 109 Å². The average Bonchev–Trinajstić information content (AvgIpc) is 3.16. The Kier molecular flexibility index (Phi) is 12.0. The van der Waals surface area contributed by atoms with Crippen LogP contribution in [0.1, 0.15) is 34.1 Å². The molecule has 10 heteroatoms. The number of ether oxygens (including phenoxy) is 6. The molecule has 0 aliphatic carbocycles. The Bertz CT molecular complexity index is 1850. The van der Waals surface area contributed by atoms with Crippen LogP contribution in [0, 0.1) is 5.92 Å². The van der Waals surface area contributed by atoms with Gasteiger partial charge in [0.05, 0.1) is 39.3 Å². The number of rotatable bonds is 16. The van der Waals surface area contributed by atoms with Gasteiger partial charge in [-0.25, -0.2) is 0 Å². The van der Waals surface area contributed by atoms with E-state index >= 15 is 0 Å². The summed E-state index contributed by atoms with van der Waals surface area (Å²) in [6.07, 6.45) is 0.463. The lowest BCUT2D eigenvalue weighted by molar-refractivity contribution is -0.146. The van der Waals surface area contributed by atoms with E-state index < -0.39 is 23.8 Å². The van der Waals surface area contributed by atoms with Crippen LogP contribution in [-0.4, -0.2) is 49.3 Å². The molecule has 5 aromatic rings. The van der Waals surface area contributed by atoms with E-state index in [2.05, 4.69) is 4.98 Å². The van der Waals surface area contributed by atoms with Crippen LogP contribution in [0.4, 0.5) is 0 Å². The summed E-state index contributed by atoms with van der Waals surface area (Å²) in [6.45, 7) is 2.22. The number of aromatic nitrogens is 1. The number of ketones is 1. The van der Waals surface area contributed by atoms with Crippen LogP contribution < -0.4 is 23.7 Å². The molecular weight excluding hydrogens is 638 g/mol. The van der Waals surface area contributed by atoms with Gasteiger partial charge in [0.25, 0.3) is 0 Å². The lowest BCUT2D eigenvalue weighted by Crippen LogP contribution is -2.34. The summed E-state index contributed by atoms with van der Waals surface area (Å²) in [5, 5.41) is 9.95. The Morgan fingerprint density at radius 3 is 1.64 bits per heavy atom. The molecule has 5 rings (SSSR count). The Balaban J connectivity index is 1.24. The lowest BCUT2D eigenvalue weighted by atomic mass is 9.92. The quantitative estimate of drug-likeness (QED) is 0.0674. The molecule has 1 heterocycles. The second-order valence-electron chi connectivity index (χ2n) is 11.4. The minimum Gasteiger partial charge on any atom is -0.497 e. The van der Waals surface area contributed by atoms with Gasteiger partial charge in [0.2, 0.25) is 0 Å². The predicted molar refractivity (Wildman–Crippen MR) is 187 cm³/mol. The van der Waals surface area contributed by atoms with E-state index in [9.17, 15) is 14.7 Å². The van der Waals surface area contributed by atoms with Crippen molar-refractivity contribution in [2.24, 2.45) is 5.92 Å². The molecule has 50 heavy (non-hydrogen) atoms. The number of methoxy groups -OCH3 is 3. The first kappa shape index (κ1) is 35.4. The zero-order valence-corrected chi connectivity index (χ0v) is 28.3. The average molecular weight is 678 g/mol. The summed E-state index contributed by atoms with van der Waals surface area (Å²) >= 11 is 0. The van der Waals surface area contributed by atoms with E-state index in [-0.39, 0.29) is 6.61 Å². The topological polar surface area (TPSA) is 123 Å². The van der Waals surface area contributed by atoms with Crippen molar-refractivity contribution in [2.75, 3.05) is 21.3 Å². The van der Waals surface area contributed by atoms with Gasteiger partial charge in [-0.1, -0.05) is 60.7 Å². The normalized spacial score (nSPS) is 11.9. The first-order valence-corrected chi connectivity index (χ1v) is 15.9. The largest absolute Gasteiger partial charge is 0.497 e. The maximum Gasteiger partial charge on any atom is 0.319 e. The summed E-state index contributed by atoms with van der Waals surface area (Å²) in [6, 6.07) is 31.5. The Labute approximate surface area is 291 Å². The maximum atomic E-state index is 12.8. The van der Waals surface area contributed by atoms with Gasteiger partial charge in [-0.05, 0) is 65.6 Å². The summed E-state index contributed by atoms with van der Waals surface area (Å²) in [4.78, 5) is 29.4. The molecule has 0 radical (unpaired) electrons. The third-order valence-corrected chi connectivity index (χ3v) is 7.96. The summed E-state index contributed by atoms with van der Waals surface area (Å²) in [5.41, 5.74) is 4.66. The minimum absolute atomic E-state index is 0.193. The molecule has 258 valence electrons. The van der Waals surface area contributed by atoms with Gasteiger partial charge in [-0.15, -0.1) is 0 Å². The fraction of sp³-hybridized carbons (Fsp3) is 0.225. The van der Waals surface area contributed by atoms with Crippen LogP contribution in [0.2, 0.25) is 0 Å². The van der Waals surface area contributed by atoms with Gasteiger partial charge in [-0.3, -0.25) is 14.6 Å². The first-order valence-electron chi connectivity index (χ1n) is 15.9. The second-order valence-corrected chi connectivity index (χ2v) is 11.4. The van der Waals surface area contributed by atoms with Gasteiger partial charge in [0, 0.05) is 11.6 Å². The zero-order chi connectivity index (χ0) is 35.5. The SMILES string of the molecule is COC(=O)C(C(=O)c1ccc(-c2ccc(OCc3cc(OCc4ccc(OC)cc4)c(OCc4ccc(OC)cc4)cn3)cc2)cc1)C(C)O. The third kappa shape index (κ3) is 9.18. The molecule has 0 amide bonds. The number of carbonyl (C=O) groups excluding carboxylic acids is 2. The highest BCUT2D eigenvalue weighted by Crippen LogP contribution is 2.30. The monoisotopic (exact) mass is 677 g/mol. The standard InChI is InChI=1S/C40H39NO9/c1-26(42)38(40(44)47-4)39(43)31-11-9-29(10-12-31)30-13-19-35(20-14-30)48-25-32-21-36(49-23-27-5-15-33(45-2)16-6-27)37(22-41-32)50-24-28-7-17-34(46-3)18-8-28/h5-22,26,38,42H,23-25H2,1-4H3. The highest BCUT2D eigenvalue weighted by atomic mass is 16.5. The molecule has 10 nitrogen and oxygen atoms in total. The maximum absolute atomic E-state index is 12.8. The molecule has 0 aliphatic rings. The Morgan fingerprint density at radius 2 is 1.14 bits per heavy atom. The van der Waals surface area contributed by atoms with Gasteiger partial charge >= 0.3 is 5.97 Å². The van der Waals surface area contributed by atoms with Crippen molar-refractivity contribution < 1.29 is 43.1 Å². The van der Waals surface area contributed by atoms with E-state index in [0.29, 0.717) is 41.7 Å². The molecule has 1 N–H and O–H groups in total. The number of Topliss-reactive ketones (excluding diaryl/α,β-unsaturated/α-hetero) is 1. The number of hydrogen-bond donors (Lipinski definition) is 1. The number of hydrogen-bond acceptors (Lipinski definition) is 10. The van der Waals surface area contributed by atoms with Gasteiger partial charge in [0.15, 0.2) is 17.3 Å². The van der Waals surface area contributed by atoms with Crippen molar-refractivity contribution in [1.29, 1.82) is 0 Å². The van der Waals surface area contributed by atoms with Crippen LogP contribution in [-0.2, 0) is 29.4 Å². The Hall–Kier alpha value is -5.87. The van der Waals surface area contributed by atoms with Crippen LogP contribution >= 0.6 is 0 Å². The lowest BCUT2D eigenvalue weighted by Gasteiger charge is -2.16. The molecule has 0 bridgehead atoms. The Morgan fingerprint density at radius 1 is 0.640 bits per heavy atom. The van der Waals surface area contributed by atoms with E-state index in [1.54, 1.807) is 44.7 Å². The van der Waals surface area contributed by atoms with Crippen LogP contribution in [0.25, 0.3) is 11.1 Å². The summed E-state index contributed by atoms with van der Waals surface area (Å²) in [5.74, 6) is 0.658. The molecule has 1 aromatic heterocycles. The number of aliphatic hydroxyl groups is 1. The molecule has 0 spiro atoms. The second kappa shape index (κ2) is 17.0. The van der Waals surface area contributed by atoms with Gasteiger partial charge in [-0.2, -0.15) is 0 Å². The number of carbonyl (C=O) groups is 2.